The second-order valence-electron chi connectivity index (χ2n) is 5.40. The Morgan fingerprint density at radius 1 is 0.885 bits per heavy atom. The number of alkyl halides is 4. The Morgan fingerprint density at radius 3 is 1.81 bits per heavy atom. The van der Waals surface area contributed by atoms with Crippen LogP contribution in [0.25, 0.3) is 11.1 Å². The fourth-order valence-corrected chi connectivity index (χ4v) is 2.90. The van der Waals surface area contributed by atoms with Gasteiger partial charge in [-0.3, -0.25) is 4.79 Å². The molecule has 3 rings (SSSR count). The fourth-order valence-electron chi connectivity index (χ4n) is 2.90. The van der Waals surface area contributed by atoms with E-state index in [0.717, 1.165) is 24.3 Å². The number of hydrogen-bond donors (Lipinski definition) is 0. The molecule has 0 aliphatic heterocycles. The normalized spacial score (nSPS) is 16.4. The molecule has 2 aromatic rings. The summed E-state index contributed by atoms with van der Waals surface area (Å²) in [5.74, 6) is -15.2. The van der Waals surface area contributed by atoms with Gasteiger partial charge in [0.25, 0.3) is 6.47 Å². The van der Waals surface area contributed by atoms with Gasteiger partial charge in [0, 0.05) is 0 Å². The molecule has 26 heavy (non-hydrogen) atoms. The van der Waals surface area contributed by atoms with Crippen LogP contribution in [0.1, 0.15) is 18.1 Å². The Balaban J connectivity index is 2.39. The Bertz CT molecular complexity index is 895. The summed E-state index contributed by atoms with van der Waals surface area (Å²) >= 11 is 0. The molecule has 0 amide bonds. The number of ether oxygens (including phenoxy) is 2. The average molecular weight is 376 g/mol. The van der Waals surface area contributed by atoms with Gasteiger partial charge in [0.05, 0.1) is 17.7 Å². The molecular formula is C17H10F6O3. The number of rotatable bonds is 4. The molecule has 1 aliphatic rings. The summed E-state index contributed by atoms with van der Waals surface area (Å²) in [7, 11) is 0. The van der Waals surface area contributed by atoms with Gasteiger partial charge in [0.15, 0.2) is 23.1 Å². The van der Waals surface area contributed by atoms with Crippen LogP contribution in [0.15, 0.2) is 24.3 Å². The first-order valence-electron chi connectivity index (χ1n) is 7.33. The van der Waals surface area contributed by atoms with Crippen molar-refractivity contribution in [2.45, 2.75) is 18.8 Å². The van der Waals surface area contributed by atoms with E-state index in [0.29, 0.717) is 0 Å². The molecule has 3 nitrogen and oxygen atoms in total. The lowest BCUT2D eigenvalue weighted by Crippen LogP contribution is -2.41. The van der Waals surface area contributed by atoms with Crippen molar-refractivity contribution in [1.82, 2.24) is 0 Å². The molecule has 1 aliphatic carbocycles. The highest BCUT2D eigenvalue weighted by Gasteiger charge is 2.65. The van der Waals surface area contributed by atoms with Crippen molar-refractivity contribution in [3.05, 3.63) is 47.0 Å². The lowest BCUT2D eigenvalue weighted by molar-refractivity contribution is -0.228. The molecule has 0 unspecified atom stereocenters. The molecular weight excluding hydrogens is 366 g/mol. The minimum Gasteiger partial charge on any atom is -0.491 e. The van der Waals surface area contributed by atoms with Crippen LogP contribution < -0.4 is 9.47 Å². The van der Waals surface area contributed by atoms with Gasteiger partial charge in [-0.05, 0) is 42.3 Å². The van der Waals surface area contributed by atoms with Gasteiger partial charge >= 0.3 is 11.8 Å². The molecule has 0 saturated carbocycles. The summed E-state index contributed by atoms with van der Waals surface area (Å²) in [6.07, 6.45) is 0. The minimum absolute atomic E-state index is 0.0741. The topological polar surface area (TPSA) is 35.5 Å². The molecule has 0 saturated heterocycles. The van der Waals surface area contributed by atoms with Crippen molar-refractivity contribution in [2.24, 2.45) is 0 Å². The first kappa shape index (κ1) is 18.1. The van der Waals surface area contributed by atoms with E-state index >= 15 is 0 Å². The van der Waals surface area contributed by atoms with Gasteiger partial charge < -0.3 is 9.47 Å². The van der Waals surface area contributed by atoms with Crippen molar-refractivity contribution in [2.75, 3.05) is 6.61 Å². The molecule has 138 valence electrons. The van der Waals surface area contributed by atoms with Crippen molar-refractivity contribution >= 4 is 6.47 Å². The fraction of sp³-hybridized carbons (Fsp3) is 0.235. The van der Waals surface area contributed by atoms with Crippen LogP contribution in [0.3, 0.4) is 0 Å². The zero-order valence-corrected chi connectivity index (χ0v) is 13.1. The van der Waals surface area contributed by atoms with Crippen molar-refractivity contribution < 1.29 is 40.6 Å². The monoisotopic (exact) mass is 376 g/mol. The van der Waals surface area contributed by atoms with E-state index in [1.165, 1.54) is 6.92 Å². The second kappa shape index (κ2) is 5.93. The summed E-state index contributed by atoms with van der Waals surface area (Å²) in [4.78, 5) is 10.3. The van der Waals surface area contributed by atoms with Crippen molar-refractivity contribution in [3.8, 4) is 22.6 Å². The van der Waals surface area contributed by atoms with Crippen LogP contribution in [0.2, 0.25) is 0 Å². The van der Waals surface area contributed by atoms with Gasteiger partial charge in [0.1, 0.15) is 0 Å². The highest BCUT2D eigenvalue weighted by atomic mass is 19.3. The Kier molecular flexibility index (Phi) is 4.12. The maximum Gasteiger partial charge on any atom is 0.343 e. The van der Waals surface area contributed by atoms with E-state index in [1.54, 1.807) is 0 Å². The lowest BCUT2D eigenvalue weighted by atomic mass is 9.79. The van der Waals surface area contributed by atoms with Gasteiger partial charge in [-0.25, -0.2) is 8.78 Å². The quantitative estimate of drug-likeness (QED) is 0.570. The Labute approximate surface area is 143 Å². The lowest BCUT2D eigenvalue weighted by Gasteiger charge is -2.35. The van der Waals surface area contributed by atoms with E-state index in [4.69, 9.17) is 4.74 Å². The van der Waals surface area contributed by atoms with Crippen LogP contribution >= 0.6 is 0 Å². The minimum atomic E-state index is -5.09. The number of hydrogen-bond acceptors (Lipinski definition) is 3. The molecule has 0 heterocycles. The Hall–Kier alpha value is -2.71. The number of halogens is 6. The predicted octanol–water partition coefficient (Wildman–Crippen LogP) is 4.76. The number of carbonyl (C=O) groups excluding carboxylic acids is 1. The van der Waals surface area contributed by atoms with E-state index in [-0.39, 0.29) is 13.1 Å². The van der Waals surface area contributed by atoms with E-state index in [1.807, 2.05) is 0 Å². The SMILES string of the molecule is CCOc1ccc2c(c1F)C(F)(F)C(F)(F)c1c-2ccc(OC=O)c1F. The smallest absolute Gasteiger partial charge is 0.343 e. The average Bonchev–Trinajstić information content (AvgIpc) is 2.57. The summed E-state index contributed by atoms with van der Waals surface area (Å²) in [6, 6.07) is 3.62. The zero-order chi connectivity index (χ0) is 19.3. The molecule has 0 radical (unpaired) electrons. The van der Waals surface area contributed by atoms with Gasteiger partial charge in [0.2, 0.25) is 0 Å². The second-order valence-corrected chi connectivity index (χ2v) is 5.40. The summed E-state index contributed by atoms with van der Waals surface area (Å²) in [5, 5.41) is 0. The highest BCUT2D eigenvalue weighted by molar-refractivity contribution is 5.78. The van der Waals surface area contributed by atoms with Crippen LogP contribution in [0, 0.1) is 11.6 Å². The summed E-state index contributed by atoms with van der Waals surface area (Å²) in [5.41, 5.74) is -4.48. The predicted molar refractivity (Wildman–Crippen MR) is 77.4 cm³/mol. The third kappa shape index (κ3) is 2.26. The number of fused-ring (bicyclic) bond motifs is 3. The highest BCUT2D eigenvalue weighted by Crippen LogP contribution is 2.60. The third-order valence-electron chi connectivity index (χ3n) is 4.00. The van der Waals surface area contributed by atoms with Gasteiger partial charge in [-0.15, -0.1) is 0 Å². The molecule has 0 aromatic heterocycles. The summed E-state index contributed by atoms with van der Waals surface area (Å²) < 4.78 is 95.9. The molecule has 0 N–H and O–H groups in total. The third-order valence-corrected chi connectivity index (χ3v) is 4.00. The van der Waals surface area contributed by atoms with Crippen LogP contribution in [-0.4, -0.2) is 13.1 Å². The summed E-state index contributed by atoms with van der Waals surface area (Å²) in [6.45, 7) is 1.16. The largest absolute Gasteiger partial charge is 0.491 e. The first-order valence-corrected chi connectivity index (χ1v) is 7.33. The van der Waals surface area contributed by atoms with E-state index < -0.39 is 57.2 Å². The molecule has 2 aromatic carbocycles. The Morgan fingerprint density at radius 2 is 1.35 bits per heavy atom. The molecule has 0 bridgehead atoms. The molecule has 0 atom stereocenters. The van der Waals surface area contributed by atoms with Crippen LogP contribution in [0.5, 0.6) is 11.5 Å². The van der Waals surface area contributed by atoms with Gasteiger partial charge in [-0.1, -0.05) is 0 Å². The number of carbonyl (C=O) groups is 1. The van der Waals surface area contributed by atoms with Crippen molar-refractivity contribution in [1.29, 1.82) is 0 Å². The van der Waals surface area contributed by atoms with E-state index in [2.05, 4.69) is 4.74 Å². The first-order chi connectivity index (χ1) is 12.2. The zero-order valence-electron chi connectivity index (χ0n) is 13.1. The molecule has 0 spiro atoms. The maximum atomic E-state index is 14.5. The standard InChI is InChI=1S/C17H10F6O3/c1-2-25-10-5-3-8-9-4-6-11(26-7-24)15(19)13(9)17(22,23)16(20,21)12(8)14(10)18/h3-7H,2H2,1H3. The van der Waals surface area contributed by atoms with Crippen LogP contribution in [0.4, 0.5) is 26.3 Å². The number of benzene rings is 2. The van der Waals surface area contributed by atoms with Crippen LogP contribution in [-0.2, 0) is 16.6 Å². The van der Waals surface area contributed by atoms with Crippen molar-refractivity contribution in [3.63, 3.8) is 0 Å². The molecule has 9 heteroatoms. The maximum absolute atomic E-state index is 14.5. The molecule has 0 fully saturated rings. The van der Waals surface area contributed by atoms with E-state index in [9.17, 15) is 31.1 Å². The van der Waals surface area contributed by atoms with Gasteiger partial charge in [-0.2, -0.15) is 17.6 Å².